The standard InChI is InChI=1S/C13H16N2OS/c1-4-10-8-14-13(17)15(10)11-5-6-12(16-3)9(2)7-11/h5-8H,4H2,1-3H3,(H,14,17). The molecule has 2 rings (SSSR count). The van der Waals surface area contributed by atoms with Gasteiger partial charge in [-0.2, -0.15) is 0 Å². The predicted octanol–water partition coefficient (Wildman–Crippen LogP) is 3.41. The molecule has 4 heteroatoms. The van der Waals surface area contributed by atoms with Crippen molar-refractivity contribution < 1.29 is 4.74 Å². The minimum absolute atomic E-state index is 0.728. The maximum Gasteiger partial charge on any atom is 0.182 e. The van der Waals surface area contributed by atoms with Crippen molar-refractivity contribution in [1.29, 1.82) is 0 Å². The topological polar surface area (TPSA) is 29.9 Å². The molecule has 1 aromatic heterocycles. The summed E-state index contributed by atoms with van der Waals surface area (Å²) in [6.07, 6.45) is 2.90. The van der Waals surface area contributed by atoms with Crippen LogP contribution in [0, 0.1) is 11.7 Å². The Labute approximate surface area is 106 Å². The van der Waals surface area contributed by atoms with Gasteiger partial charge in [-0.15, -0.1) is 0 Å². The first kappa shape index (κ1) is 11.9. The van der Waals surface area contributed by atoms with E-state index in [-0.39, 0.29) is 0 Å². The smallest absolute Gasteiger partial charge is 0.182 e. The molecule has 0 fully saturated rings. The van der Waals surface area contributed by atoms with Crippen LogP contribution in [0.2, 0.25) is 0 Å². The summed E-state index contributed by atoms with van der Waals surface area (Å²) in [4.78, 5) is 3.08. The summed E-state index contributed by atoms with van der Waals surface area (Å²) in [5.41, 5.74) is 3.36. The van der Waals surface area contributed by atoms with Gasteiger partial charge in [0.2, 0.25) is 0 Å². The Morgan fingerprint density at radius 3 is 2.76 bits per heavy atom. The van der Waals surface area contributed by atoms with Crippen molar-refractivity contribution in [2.45, 2.75) is 20.3 Å². The first-order valence-electron chi connectivity index (χ1n) is 5.61. The van der Waals surface area contributed by atoms with Gasteiger partial charge >= 0.3 is 0 Å². The highest BCUT2D eigenvalue weighted by Gasteiger charge is 2.06. The van der Waals surface area contributed by atoms with E-state index in [0.29, 0.717) is 0 Å². The highest BCUT2D eigenvalue weighted by Crippen LogP contribution is 2.22. The molecule has 1 heterocycles. The van der Waals surface area contributed by atoms with Crippen molar-refractivity contribution in [2.24, 2.45) is 0 Å². The number of benzene rings is 1. The quantitative estimate of drug-likeness (QED) is 0.844. The van der Waals surface area contributed by atoms with E-state index in [2.05, 4.69) is 22.5 Å². The molecule has 0 radical (unpaired) electrons. The second kappa shape index (κ2) is 4.75. The number of imidazole rings is 1. The molecule has 0 aliphatic rings. The van der Waals surface area contributed by atoms with Crippen molar-refractivity contribution in [3.8, 4) is 11.4 Å². The summed E-state index contributed by atoms with van der Waals surface area (Å²) >= 11 is 5.30. The molecule has 0 saturated carbocycles. The SMILES string of the molecule is CCc1c[nH]c(=S)n1-c1ccc(OC)c(C)c1. The highest BCUT2D eigenvalue weighted by molar-refractivity contribution is 7.71. The fourth-order valence-corrected chi connectivity index (χ4v) is 2.23. The van der Waals surface area contributed by atoms with Crippen LogP contribution in [0.1, 0.15) is 18.2 Å². The zero-order chi connectivity index (χ0) is 12.4. The van der Waals surface area contributed by atoms with Gasteiger partial charge in [0, 0.05) is 17.6 Å². The first-order chi connectivity index (χ1) is 8.17. The Bertz CT molecular complexity index is 583. The van der Waals surface area contributed by atoms with Gasteiger partial charge in [0.25, 0.3) is 0 Å². The molecule has 2 aromatic rings. The second-order valence-electron chi connectivity index (χ2n) is 3.93. The second-order valence-corrected chi connectivity index (χ2v) is 4.31. The van der Waals surface area contributed by atoms with Crippen LogP contribution in [-0.2, 0) is 6.42 Å². The number of methoxy groups -OCH3 is 1. The highest BCUT2D eigenvalue weighted by atomic mass is 32.1. The summed E-state index contributed by atoms with van der Waals surface area (Å²) < 4.78 is 8.05. The van der Waals surface area contributed by atoms with Gasteiger partial charge in [-0.05, 0) is 49.3 Å². The van der Waals surface area contributed by atoms with Crippen LogP contribution in [0.5, 0.6) is 5.75 Å². The summed E-state index contributed by atoms with van der Waals surface area (Å²) in [5.74, 6) is 0.897. The lowest BCUT2D eigenvalue weighted by Crippen LogP contribution is -2.00. The lowest BCUT2D eigenvalue weighted by Gasteiger charge is -2.10. The fourth-order valence-electron chi connectivity index (χ4n) is 1.95. The maximum absolute atomic E-state index is 5.30. The van der Waals surface area contributed by atoms with Crippen molar-refractivity contribution in [3.63, 3.8) is 0 Å². The molecule has 1 aromatic carbocycles. The van der Waals surface area contributed by atoms with Crippen molar-refractivity contribution in [3.05, 3.63) is 40.4 Å². The number of hydrogen-bond acceptors (Lipinski definition) is 2. The molecule has 0 bridgehead atoms. The number of hydrogen-bond donors (Lipinski definition) is 1. The average molecular weight is 248 g/mol. The molecular weight excluding hydrogens is 232 g/mol. The van der Waals surface area contributed by atoms with Crippen LogP contribution in [0.3, 0.4) is 0 Å². The van der Waals surface area contributed by atoms with Crippen molar-refractivity contribution >= 4 is 12.2 Å². The largest absolute Gasteiger partial charge is 0.496 e. The van der Waals surface area contributed by atoms with E-state index in [4.69, 9.17) is 17.0 Å². The van der Waals surface area contributed by atoms with Crippen LogP contribution in [0.4, 0.5) is 0 Å². The molecule has 90 valence electrons. The van der Waals surface area contributed by atoms with Crippen LogP contribution in [-0.4, -0.2) is 16.7 Å². The number of aromatic amines is 1. The third kappa shape index (κ3) is 2.13. The number of nitrogens with one attached hydrogen (secondary N) is 1. The van der Waals surface area contributed by atoms with Crippen LogP contribution in [0.15, 0.2) is 24.4 Å². The van der Waals surface area contributed by atoms with Gasteiger partial charge in [-0.25, -0.2) is 0 Å². The fraction of sp³-hybridized carbons (Fsp3) is 0.308. The number of aromatic nitrogens is 2. The third-order valence-electron chi connectivity index (χ3n) is 2.85. The number of H-pyrrole nitrogens is 1. The number of ether oxygens (including phenoxy) is 1. The lowest BCUT2D eigenvalue weighted by molar-refractivity contribution is 0.411. The minimum Gasteiger partial charge on any atom is -0.496 e. The van der Waals surface area contributed by atoms with Gasteiger partial charge in [-0.3, -0.25) is 4.57 Å². The molecule has 0 amide bonds. The molecule has 1 N–H and O–H groups in total. The molecular formula is C13H16N2OS. The molecule has 0 aliphatic heterocycles. The van der Waals surface area contributed by atoms with Crippen molar-refractivity contribution in [1.82, 2.24) is 9.55 Å². The van der Waals surface area contributed by atoms with Gasteiger partial charge in [0.15, 0.2) is 4.77 Å². The van der Waals surface area contributed by atoms with Crippen LogP contribution >= 0.6 is 12.2 Å². The number of nitrogens with zero attached hydrogens (tertiary/aromatic N) is 1. The van der Waals surface area contributed by atoms with E-state index < -0.39 is 0 Å². The summed E-state index contributed by atoms with van der Waals surface area (Å²) in [6.45, 7) is 4.15. The normalized spacial score (nSPS) is 10.5. The predicted molar refractivity (Wildman–Crippen MR) is 71.6 cm³/mol. The lowest BCUT2D eigenvalue weighted by atomic mass is 10.2. The summed E-state index contributed by atoms with van der Waals surface area (Å²) in [5, 5.41) is 0. The van der Waals surface area contributed by atoms with E-state index in [0.717, 1.165) is 28.2 Å². The van der Waals surface area contributed by atoms with E-state index in [1.54, 1.807) is 7.11 Å². The zero-order valence-corrected chi connectivity index (χ0v) is 11.1. The molecule has 3 nitrogen and oxygen atoms in total. The van der Waals surface area contributed by atoms with E-state index in [1.165, 1.54) is 5.69 Å². The number of rotatable bonds is 3. The summed E-state index contributed by atoms with van der Waals surface area (Å²) in [7, 11) is 1.68. The van der Waals surface area contributed by atoms with E-state index >= 15 is 0 Å². The molecule has 0 aliphatic carbocycles. The average Bonchev–Trinajstić information content (AvgIpc) is 2.70. The third-order valence-corrected chi connectivity index (χ3v) is 3.15. The first-order valence-corrected chi connectivity index (χ1v) is 6.02. The Balaban J connectivity index is 2.57. The Kier molecular flexibility index (Phi) is 3.33. The Morgan fingerprint density at radius 1 is 1.41 bits per heavy atom. The number of aryl methyl sites for hydroxylation is 2. The molecule has 0 unspecified atom stereocenters. The molecule has 0 spiro atoms. The monoisotopic (exact) mass is 248 g/mol. The molecule has 0 atom stereocenters. The van der Waals surface area contributed by atoms with Gasteiger partial charge in [0.1, 0.15) is 5.75 Å². The molecule has 17 heavy (non-hydrogen) atoms. The van der Waals surface area contributed by atoms with Gasteiger partial charge < -0.3 is 9.72 Å². The van der Waals surface area contributed by atoms with Gasteiger partial charge in [0.05, 0.1) is 7.11 Å². The zero-order valence-electron chi connectivity index (χ0n) is 10.3. The van der Waals surface area contributed by atoms with Crippen LogP contribution < -0.4 is 4.74 Å². The van der Waals surface area contributed by atoms with Gasteiger partial charge in [-0.1, -0.05) is 6.92 Å². The molecule has 0 saturated heterocycles. The van der Waals surface area contributed by atoms with Crippen LogP contribution in [0.25, 0.3) is 5.69 Å². The van der Waals surface area contributed by atoms with Crippen molar-refractivity contribution in [2.75, 3.05) is 7.11 Å². The van der Waals surface area contributed by atoms with E-state index in [9.17, 15) is 0 Å². The maximum atomic E-state index is 5.30. The Morgan fingerprint density at radius 2 is 2.18 bits per heavy atom. The minimum atomic E-state index is 0.728. The Hall–Kier alpha value is -1.55. The van der Waals surface area contributed by atoms with E-state index in [1.807, 2.05) is 25.3 Å². The summed E-state index contributed by atoms with van der Waals surface area (Å²) in [6, 6.07) is 6.08.